The highest BCUT2D eigenvalue weighted by atomic mass is 16.5. The van der Waals surface area contributed by atoms with Crippen molar-refractivity contribution in [1.29, 1.82) is 0 Å². The number of aromatic nitrogens is 2. The van der Waals surface area contributed by atoms with Crippen molar-refractivity contribution in [3.05, 3.63) is 5.82 Å². The summed E-state index contributed by atoms with van der Waals surface area (Å²) < 4.78 is 10.8. The Labute approximate surface area is 95.6 Å². The first-order valence-electron chi connectivity index (χ1n) is 5.77. The van der Waals surface area contributed by atoms with Crippen molar-refractivity contribution in [2.75, 3.05) is 19.5 Å². The molecule has 0 bridgehead atoms. The van der Waals surface area contributed by atoms with E-state index in [1.807, 2.05) is 0 Å². The first kappa shape index (κ1) is 11.4. The molecule has 0 spiro atoms. The van der Waals surface area contributed by atoms with Gasteiger partial charge in [0.15, 0.2) is 0 Å². The number of anilines is 1. The third-order valence-corrected chi connectivity index (χ3v) is 3.39. The van der Waals surface area contributed by atoms with Crippen LogP contribution in [0, 0.1) is 5.92 Å². The number of hydrogen-bond acceptors (Lipinski definition) is 5. The van der Waals surface area contributed by atoms with Gasteiger partial charge < -0.3 is 14.6 Å². The van der Waals surface area contributed by atoms with Crippen LogP contribution in [0.2, 0.25) is 0 Å². The Balaban J connectivity index is 2.25. The second-order valence-electron chi connectivity index (χ2n) is 4.57. The molecule has 1 aliphatic rings. The summed E-state index contributed by atoms with van der Waals surface area (Å²) in [4.78, 5) is 4.32. The fourth-order valence-corrected chi connectivity index (χ4v) is 2.49. The van der Waals surface area contributed by atoms with Crippen LogP contribution in [0.3, 0.4) is 0 Å². The summed E-state index contributed by atoms with van der Waals surface area (Å²) in [5.74, 6) is 1.32. The van der Waals surface area contributed by atoms with Gasteiger partial charge in [-0.2, -0.15) is 4.98 Å². The molecule has 0 saturated heterocycles. The average Bonchev–Trinajstić information content (AvgIpc) is 2.78. The first-order chi connectivity index (χ1) is 7.70. The van der Waals surface area contributed by atoms with Crippen LogP contribution >= 0.6 is 0 Å². The van der Waals surface area contributed by atoms with E-state index in [1.54, 1.807) is 14.2 Å². The Bertz CT molecular complexity index is 353. The minimum absolute atomic E-state index is 0.351. The van der Waals surface area contributed by atoms with E-state index in [4.69, 9.17) is 9.26 Å². The Morgan fingerprint density at radius 1 is 1.56 bits per heavy atom. The summed E-state index contributed by atoms with van der Waals surface area (Å²) >= 11 is 0. The number of nitrogens with zero attached hydrogens (tertiary/aromatic N) is 2. The lowest BCUT2D eigenvalue weighted by atomic mass is 9.78. The lowest BCUT2D eigenvalue weighted by Crippen LogP contribution is -2.35. The van der Waals surface area contributed by atoms with E-state index in [0.29, 0.717) is 17.8 Å². The lowest BCUT2D eigenvalue weighted by molar-refractivity contribution is -0.0658. The minimum atomic E-state index is -0.351. The van der Waals surface area contributed by atoms with E-state index in [9.17, 15) is 0 Å². The summed E-state index contributed by atoms with van der Waals surface area (Å²) in [7, 11) is 3.49. The van der Waals surface area contributed by atoms with E-state index < -0.39 is 0 Å². The summed E-state index contributed by atoms with van der Waals surface area (Å²) in [6, 6.07) is 0.449. The van der Waals surface area contributed by atoms with E-state index in [0.717, 1.165) is 19.3 Å². The van der Waals surface area contributed by atoms with Gasteiger partial charge in [0.25, 0.3) is 0 Å². The molecular formula is C11H19N3O2. The van der Waals surface area contributed by atoms with Crippen molar-refractivity contribution < 1.29 is 9.26 Å². The molecule has 2 atom stereocenters. The molecule has 1 aromatic rings. The van der Waals surface area contributed by atoms with Crippen LogP contribution in [0.15, 0.2) is 4.52 Å². The molecule has 1 saturated carbocycles. The van der Waals surface area contributed by atoms with E-state index in [2.05, 4.69) is 22.4 Å². The Morgan fingerprint density at radius 2 is 2.38 bits per heavy atom. The molecule has 2 rings (SSSR count). The number of ether oxygens (including phenoxy) is 1. The maximum absolute atomic E-state index is 5.68. The molecule has 0 aromatic carbocycles. The van der Waals surface area contributed by atoms with Gasteiger partial charge in [-0.15, -0.1) is 0 Å². The van der Waals surface area contributed by atoms with Crippen molar-refractivity contribution >= 4 is 6.01 Å². The largest absolute Gasteiger partial charge is 0.370 e. The first-order valence-corrected chi connectivity index (χ1v) is 5.77. The molecule has 1 aromatic heterocycles. The highest BCUT2D eigenvalue weighted by Crippen LogP contribution is 2.41. The van der Waals surface area contributed by atoms with Crippen molar-refractivity contribution in [2.24, 2.45) is 5.92 Å². The van der Waals surface area contributed by atoms with Crippen LogP contribution in [-0.2, 0) is 10.3 Å². The van der Waals surface area contributed by atoms with Crippen molar-refractivity contribution in [3.8, 4) is 0 Å². The van der Waals surface area contributed by atoms with Crippen LogP contribution < -0.4 is 5.32 Å². The second-order valence-corrected chi connectivity index (χ2v) is 4.57. The zero-order valence-electron chi connectivity index (χ0n) is 10.1. The predicted octanol–water partition coefficient (Wildman–Crippen LogP) is 2.16. The molecule has 1 heterocycles. The van der Waals surface area contributed by atoms with Crippen LogP contribution in [0.4, 0.5) is 6.01 Å². The Kier molecular flexibility index (Phi) is 3.14. The number of methoxy groups -OCH3 is 1. The van der Waals surface area contributed by atoms with Gasteiger partial charge in [0, 0.05) is 14.2 Å². The van der Waals surface area contributed by atoms with Crippen LogP contribution in [0.25, 0.3) is 0 Å². The molecule has 16 heavy (non-hydrogen) atoms. The molecule has 2 unspecified atom stereocenters. The van der Waals surface area contributed by atoms with Gasteiger partial charge in [-0.1, -0.05) is 18.5 Å². The lowest BCUT2D eigenvalue weighted by Gasteiger charge is -2.36. The van der Waals surface area contributed by atoms with Gasteiger partial charge in [0.1, 0.15) is 5.60 Å². The van der Waals surface area contributed by atoms with Gasteiger partial charge in [0.05, 0.1) is 0 Å². The van der Waals surface area contributed by atoms with Gasteiger partial charge in [-0.05, 0) is 25.2 Å². The third-order valence-electron chi connectivity index (χ3n) is 3.39. The van der Waals surface area contributed by atoms with E-state index in [-0.39, 0.29) is 5.60 Å². The molecule has 1 fully saturated rings. The highest BCUT2D eigenvalue weighted by Gasteiger charge is 2.40. The molecule has 90 valence electrons. The molecule has 5 heteroatoms. The third kappa shape index (κ3) is 1.91. The molecule has 0 amide bonds. The fourth-order valence-electron chi connectivity index (χ4n) is 2.49. The van der Waals surface area contributed by atoms with E-state index >= 15 is 0 Å². The molecule has 1 N–H and O–H groups in total. The highest BCUT2D eigenvalue weighted by molar-refractivity contribution is 5.19. The standard InChI is InChI=1S/C11H19N3O2/c1-8-5-4-6-11(7-8,15-3)9-13-10(12-2)16-14-9/h8H,4-7H2,1-3H3,(H,12,13,14). The molecule has 1 aliphatic carbocycles. The van der Waals surface area contributed by atoms with Gasteiger partial charge in [-0.3, -0.25) is 0 Å². The van der Waals surface area contributed by atoms with E-state index in [1.165, 1.54) is 6.42 Å². The number of hydrogen-bond donors (Lipinski definition) is 1. The van der Waals surface area contributed by atoms with Crippen LogP contribution in [0.5, 0.6) is 0 Å². The van der Waals surface area contributed by atoms with Crippen molar-refractivity contribution in [2.45, 2.75) is 38.2 Å². The maximum Gasteiger partial charge on any atom is 0.321 e. The summed E-state index contributed by atoms with van der Waals surface area (Å²) in [6.07, 6.45) is 4.34. The number of nitrogens with one attached hydrogen (secondary N) is 1. The summed E-state index contributed by atoms with van der Waals surface area (Å²) in [6.45, 7) is 2.24. The summed E-state index contributed by atoms with van der Waals surface area (Å²) in [5.41, 5.74) is -0.351. The summed E-state index contributed by atoms with van der Waals surface area (Å²) in [5, 5.41) is 6.86. The average molecular weight is 225 g/mol. The fraction of sp³-hybridized carbons (Fsp3) is 0.818. The maximum atomic E-state index is 5.68. The molecule has 5 nitrogen and oxygen atoms in total. The Morgan fingerprint density at radius 3 is 2.94 bits per heavy atom. The van der Waals surface area contributed by atoms with Gasteiger partial charge in [-0.25, -0.2) is 0 Å². The smallest absolute Gasteiger partial charge is 0.321 e. The quantitative estimate of drug-likeness (QED) is 0.854. The predicted molar refractivity (Wildman–Crippen MR) is 60.2 cm³/mol. The normalized spacial score (nSPS) is 30.3. The van der Waals surface area contributed by atoms with Gasteiger partial charge in [0.2, 0.25) is 5.82 Å². The minimum Gasteiger partial charge on any atom is -0.370 e. The Hall–Kier alpha value is -1.10. The van der Waals surface area contributed by atoms with Crippen LogP contribution in [0.1, 0.15) is 38.4 Å². The monoisotopic (exact) mass is 225 g/mol. The molecular weight excluding hydrogens is 206 g/mol. The molecule has 0 aliphatic heterocycles. The van der Waals surface area contributed by atoms with Crippen molar-refractivity contribution in [1.82, 2.24) is 10.1 Å². The number of rotatable bonds is 3. The second kappa shape index (κ2) is 4.41. The van der Waals surface area contributed by atoms with Crippen LogP contribution in [-0.4, -0.2) is 24.3 Å². The van der Waals surface area contributed by atoms with Crippen molar-refractivity contribution in [3.63, 3.8) is 0 Å². The van der Waals surface area contributed by atoms with Gasteiger partial charge >= 0.3 is 6.01 Å². The topological polar surface area (TPSA) is 60.2 Å². The zero-order chi connectivity index (χ0) is 11.6. The SMILES string of the molecule is CNc1nc(C2(OC)CCCC(C)C2)no1. The zero-order valence-corrected chi connectivity index (χ0v) is 10.1. The molecule has 0 radical (unpaired) electrons.